The van der Waals surface area contributed by atoms with Gasteiger partial charge in [0.05, 0.1) is 23.2 Å². The second-order valence-corrected chi connectivity index (χ2v) is 7.57. The molecule has 0 aliphatic carbocycles. The van der Waals surface area contributed by atoms with Crippen LogP contribution in [0.25, 0.3) is 16.6 Å². The number of fused-ring (bicyclic) bond motifs is 1. The number of aromatic nitrogens is 2. The molecule has 0 unspecified atom stereocenters. The van der Waals surface area contributed by atoms with Gasteiger partial charge in [-0.2, -0.15) is 0 Å². The highest BCUT2D eigenvalue weighted by Crippen LogP contribution is 2.26. The third-order valence-corrected chi connectivity index (χ3v) is 5.53. The van der Waals surface area contributed by atoms with Crippen molar-refractivity contribution in [1.82, 2.24) is 9.72 Å². The van der Waals surface area contributed by atoms with Crippen LogP contribution in [-0.4, -0.2) is 25.3 Å². The fraction of sp³-hybridized carbons (Fsp3) is 0.0526. The summed E-state index contributed by atoms with van der Waals surface area (Å²) in [6.45, 7) is 0. The highest BCUT2D eigenvalue weighted by Gasteiger charge is 2.18. The number of nitrogens with zero attached hydrogens (tertiary/aromatic N) is 2. The Labute approximate surface area is 160 Å². The van der Waals surface area contributed by atoms with E-state index < -0.39 is 10.0 Å². The molecule has 0 fully saturated rings. The molecular weight excluding hydrogens is 382 g/mol. The zero-order chi connectivity index (χ0) is 19.7. The van der Waals surface area contributed by atoms with Gasteiger partial charge in [-0.05, 0) is 36.4 Å². The molecule has 28 heavy (non-hydrogen) atoms. The van der Waals surface area contributed by atoms with Crippen LogP contribution in [-0.2, 0) is 10.0 Å². The predicted octanol–water partition coefficient (Wildman–Crippen LogP) is 2.79. The van der Waals surface area contributed by atoms with Gasteiger partial charge in [-0.1, -0.05) is 17.3 Å². The minimum atomic E-state index is -3.86. The molecule has 0 atom stereocenters. The van der Waals surface area contributed by atoms with Gasteiger partial charge in [-0.25, -0.2) is 8.42 Å². The van der Waals surface area contributed by atoms with Crippen molar-refractivity contribution in [3.8, 4) is 11.4 Å². The molecule has 9 heteroatoms. The Morgan fingerprint density at radius 2 is 1.89 bits per heavy atom. The van der Waals surface area contributed by atoms with Crippen LogP contribution in [0.3, 0.4) is 0 Å². The Balaban J connectivity index is 1.87. The Hall–Kier alpha value is -3.59. The van der Waals surface area contributed by atoms with E-state index in [4.69, 9.17) is 4.74 Å². The van der Waals surface area contributed by atoms with Crippen molar-refractivity contribution < 1.29 is 17.7 Å². The SMILES string of the molecule is COc1ccccc1-n1c(=O)ccc2cc(S(=O)(=O)Nc3ccon3)ccc21. The van der Waals surface area contributed by atoms with Crippen LogP contribution in [0.1, 0.15) is 0 Å². The van der Waals surface area contributed by atoms with Gasteiger partial charge in [-0.15, -0.1) is 0 Å². The van der Waals surface area contributed by atoms with Crippen molar-refractivity contribution >= 4 is 26.7 Å². The molecule has 0 saturated carbocycles. The number of sulfonamides is 1. The van der Waals surface area contributed by atoms with E-state index in [0.717, 1.165) is 0 Å². The molecule has 4 aromatic rings. The average molecular weight is 397 g/mol. The largest absolute Gasteiger partial charge is 0.495 e. The fourth-order valence-corrected chi connectivity index (χ4v) is 3.94. The van der Waals surface area contributed by atoms with E-state index >= 15 is 0 Å². The molecular formula is C19H15N3O5S. The normalized spacial score (nSPS) is 11.5. The van der Waals surface area contributed by atoms with Gasteiger partial charge in [0.15, 0.2) is 5.82 Å². The highest BCUT2D eigenvalue weighted by molar-refractivity contribution is 7.92. The van der Waals surface area contributed by atoms with Crippen LogP contribution >= 0.6 is 0 Å². The third kappa shape index (κ3) is 3.12. The molecule has 2 aromatic carbocycles. The second-order valence-electron chi connectivity index (χ2n) is 5.89. The molecule has 2 aromatic heterocycles. The monoisotopic (exact) mass is 397 g/mol. The van der Waals surface area contributed by atoms with Crippen LogP contribution < -0.4 is 15.0 Å². The van der Waals surface area contributed by atoms with E-state index in [9.17, 15) is 13.2 Å². The zero-order valence-electron chi connectivity index (χ0n) is 14.7. The van der Waals surface area contributed by atoms with Gasteiger partial charge in [0.2, 0.25) is 0 Å². The molecule has 0 aliphatic rings. The number of rotatable bonds is 5. The van der Waals surface area contributed by atoms with E-state index in [0.29, 0.717) is 22.3 Å². The van der Waals surface area contributed by atoms with Gasteiger partial charge >= 0.3 is 0 Å². The number of ether oxygens (including phenoxy) is 1. The second kappa shape index (κ2) is 6.86. The number of anilines is 1. The van der Waals surface area contributed by atoms with Crippen LogP contribution in [0.5, 0.6) is 5.75 Å². The number of para-hydroxylation sites is 2. The topological polar surface area (TPSA) is 103 Å². The maximum Gasteiger partial charge on any atom is 0.263 e. The zero-order valence-corrected chi connectivity index (χ0v) is 15.5. The van der Waals surface area contributed by atoms with Crippen LogP contribution in [0.4, 0.5) is 5.82 Å². The summed E-state index contributed by atoms with van der Waals surface area (Å²) in [5.41, 5.74) is 0.864. The minimum absolute atomic E-state index is 0.0354. The summed E-state index contributed by atoms with van der Waals surface area (Å²) in [7, 11) is -2.34. The molecule has 8 nitrogen and oxygen atoms in total. The molecule has 2 heterocycles. The minimum Gasteiger partial charge on any atom is -0.495 e. The first-order chi connectivity index (χ1) is 13.5. The quantitative estimate of drug-likeness (QED) is 0.555. The van der Waals surface area contributed by atoms with Crippen molar-refractivity contribution in [2.75, 3.05) is 11.8 Å². The van der Waals surface area contributed by atoms with Crippen LogP contribution in [0, 0.1) is 0 Å². The number of hydrogen-bond donors (Lipinski definition) is 1. The van der Waals surface area contributed by atoms with Crippen molar-refractivity contribution in [3.63, 3.8) is 0 Å². The lowest BCUT2D eigenvalue weighted by Crippen LogP contribution is -2.18. The highest BCUT2D eigenvalue weighted by atomic mass is 32.2. The summed E-state index contributed by atoms with van der Waals surface area (Å²) in [5.74, 6) is 0.612. The first kappa shape index (κ1) is 17.8. The molecule has 0 amide bonds. The van der Waals surface area contributed by atoms with Crippen LogP contribution in [0.15, 0.2) is 81.1 Å². The van der Waals surface area contributed by atoms with Gasteiger partial charge in [-0.3, -0.25) is 14.1 Å². The van der Waals surface area contributed by atoms with E-state index in [1.54, 1.807) is 36.4 Å². The van der Waals surface area contributed by atoms with Gasteiger partial charge in [0, 0.05) is 17.5 Å². The molecule has 0 saturated heterocycles. The smallest absolute Gasteiger partial charge is 0.263 e. The van der Waals surface area contributed by atoms with E-state index in [2.05, 4.69) is 14.4 Å². The summed E-state index contributed by atoms with van der Waals surface area (Å²) in [4.78, 5) is 12.6. The maximum atomic E-state index is 12.6. The third-order valence-electron chi connectivity index (χ3n) is 4.18. The standard InChI is InChI=1S/C19H15N3O5S/c1-26-17-5-3-2-4-16(17)22-15-8-7-14(12-13(15)6-9-19(22)23)28(24,25)21-18-10-11-27-20-18/h2-12H,1H3,(H,20,21). The van der Waals surface area contributed by atoms with Crippen LogP contribution in [0.2, 0.25) is 0 Å². The number of pyridine rings is 1. The maximum absolute atomic E-state index is 12.6. The van der Waals surface area contributed by atoms with E-state index in [-0.39, 0.29) is 16.3 Å². The molecule has 0 spiro atoms. The summed E-state index contributed by atoms with van der Waals surface area (Å²) < 4.78 is 39.0. The Morgan fingerprint density at radius 1 is 1.07 bits per heavy atom. The predicted molar refractivity (Wildman–Crippen MR) is 103 cm³/mol. The number of nitrogens with one attached hydrogen (secondary N) is 1. The lowest BCUT2D eigenvalue weighted by Gasteiger charge is -2.14. The average Bonchev–Trinajstić information content (AvgIpc) is 3.20. The van der Waals surface area contributed by atoms with Gasteiger partial charge < -0.3 is 9.26 Å². The summed E-state index contributed by atoms with van der Waals surface area (Å²) in [6, 6.07) is 16.0. The summed E-state index contributed by atoms with van der Waals surface area (Å²) in [6.07, 6.45) is 1.27. The van der Waals surface area contributed by atoms with E-state index in [1.807, 2.05) is 0 Å². The molecule has 4 rings (SSSR count). The summed E-state index contributed by atoms with van der Waals surface area (Å²) >= 11 is 0. The molecule has 0 bridgehead atoms. The Bertz CT molecular complexity index is 1310. The van der Waals surface area contributed by atoms with E-state index in [1.165, 1.54) is 42.2 Å². The lowest BCUT2D eigenvalue weighted by atomic mass is 10.2. The first-order valence-electron chi connectivity index (χ1n) is 8.22. The molecule has 0 radical (unpaired) electrons. The molecule has 142 valence electrons. The van der Waals surface area contributed by atoms with Gasteiger partial charge in [0.1, 0.15) is 12.0 Å². The Morgan fingerprint density at radius 3 is 2.64 bits per heavy atom. The Kier molecular flexibility index (Phi) is 4.36. The fourth-order valence-electron chi connectivity index (χ4n) is 2.92. The number of benzene rings is 2. The molecule has 0 aliphatic heterocycles. The lowest BCUT2D eigenvalue weighted by molar-refractivity contribution is 0.413. The summed E-state index contributed by atoms with van der Waals surface area (Å²) in [5, 5.41) is 4.13. The number of methoxy groups -OCH3 is 1. The van der Waals surface area contributed by atoms with Crippen molar-refractivity contribution in [3.05, 3.63) is 77.3 Å². The molecule has 1 N–H and O–H groups in total. The number of hydrogen-bond acceptors (Lipinski definition) is 6. The van der Waals surface area contributed by atoms with Crippen molar-refractivity contribution in [1.29, 1.82) is 0 Å². The van der Waals surface area contributed by atoms with Crippen molar-refractivity contribution in [2.45, 2.75) is 4.90 Å². The van der Waals surface area contributed by atoms with Crippen molar-refractivity contribution in [2.24, 2.45) is 0 Å². The van der Waals surface area contributed by atoms with Gasteiger partial charge in [0.25, 0.3) is 15.6 Å². The first-order valence-corrected chi connectivity index (χ1v) is 9.70.